The van der Waals surface area contributed by atoms with E-state index in [-0.39, 0.29) is 31.6 Å². The third-order valence-electron chi connectivity index (χ3n) is 8.91. The van der Waals surface area contributed by atoms with Gasteiger partial charge in [-0.1, -0.05) is 25.8 Å². The molecule has 0 amide bonds. The second-order valence-corrected chi connectivity index (χ2v) is 11.5. The van der Waals surface area contributed by atoms with Crippen molar-refractivity contribution in [1.29, 1.82) is 0 Å². The first-order valence-electron chi connectivity index (χ1n) is 14.1. The maximum Gasteiger partial charge on any atom is 0.358 e. The van der Waals surface area contributed by atoms with Gasteiger partial charge in [0.05, 0.1) is 24.0 Å². The summed E-state index contributed by atoms with van der Waals surface area (Å²) in [7, 11) is 0. The number of benzene rings is 1. The fourth-order valence-corrected chi connectivity index (χ4v) is 6.63. The van der Waals surface area contributed by atoms with Crippen molar-refractivity contribution in [2.45, 2.75) is 127 Å². The number of hydrogen-bond donors (Lipinski definition) is 0. The Balaban J connectivity index is 1.20. The molecule has 0 saturated heterocycles. The first-order valence-corrected chi connectivity index (χ1v) is 14.1. The van der Waals surface area contributed by atoms with Gasteiger partial charge in [0.1, 0.15) is 0 Å². The summed E-state index contributed by atoms with van der Waals surface area (Å²) < 4.78 is 96.8. The van der Waals surface area contributed by atoms with E-state index < -0.39 is 47.9 Å². The van der Waals surface area contributed by atoms with Gasteiger partial charge < -0.3 is 9.47 Å². The summed E-state index contributed by atoms with van der Waals surface area (Å²) in [4.78, 5) is 0. The van der Waals surface area contributed by atoms with Crippen LogP contribution in [-0.2, 0) is 9.47 Å². The molecule has 0 heterocycles. The van der Waals surface area contributed by atoms with Crippen molar-refractivity contribution in [3.05, 3.63) is 35.4 Å². The molecule has 3 fully saturated rings. The fraction of sp³-hybridized carbons (Fsp3) is 0.793. The molecule has 0 spiro atoms. The molecular formula is C29H40F6O2. The van der Waals surface area contributed by atoms with E-state index in [1.54, 1.807) is 6.07 Å². The van der Waals surface area contributed by atoms with E-state index >= 15 is 0 Å². The molecule has 0 radical (unpaired) electrons. The molecule has 3 aliphatic carbocycles. The second kappa shape index (κ2) is 12.3. The lowest BCUT2D eigenvalue weighted by molar-refractivity contribution is -0.318. The molecule has 0 bridgehead atoms. The fourth-order valence-electron chi connectivity index (χ4n) is 6.63. The van der Waals surface area contributed by atoms with Crippen molar-refractivity contribution in [2.75, 3.05) is 0 Å². The summed E-state index contributed by atoms with van der Waals surface area (Å²) in [6.07, 6.45) is -0.750. The minimum atomic E-state index is -3.33. The molecule has 2 nitrogen and oxygen atoms in total. The van der Waals surface area contributed by atoms with E-state index in [4.69, 9.17) is 9.47 Å². The molecule has 0 N–H and O–H groups in total. The molecule has 1 aromatic rings. The van der Waals surface area contributed by atoms with E-state index in [9.17, 15) is 26.3 Å². The van der Waals surface area contributed by atoms with Crippen molar-refractivity contribution in [1.82, 2.24) is 0 Å². The van der Waals surface area contributed by atoms with Gasteiger partial charge in [0.15, 0.2) is 11.6 Å². The summed E-state index contributed by atoms with van der Waals surface area (Å²) in [5.74, 6) is -3.10. The smallest absolute Gasteiger partial charge is 0.317 e. The zero-order valence-electron chi connectivity index (χ0n) is 21.7. The van der Waals surface area contributed by atoms with E-state index in [0.717, 1.165) is 31.7 Å². The second-order valence-electron chi connectivity index (χ2n) is 11.5. The molecule has 0 aromatic heterocycles. The Morgan fingerprint density at radius 3 is 1.65 bits per heavy atom. The molecule has 0 unspecified atom stereocenters. The van der Waals surface area contributed by atoms with Crippen molar-refractivity contribution >= 4 is 0 Å². The molecule has 210 valence electrons. The van der Waals surface area contributed by atoms with Crippen LogP contribution < -0.4 is 0 Å². The van der Waals surface area contributed by atoms with Crippen LogP contribution in [0.1, 0.15) is 108 Å². The van der Waals surface area contributed by atoms with Crippen LogP contribution in [0.2, 0.25) is 0 Å². The van der Waals surface area contributed by atoms with Crippen LogP contribution in [0.25, 0.3) is 0 Å². The Morgan fingerprint density at radius 1 is 0.676 bits per heavy atom. The van der Waals surface area contributed by atoms with Crippen molar-refractivity contribution in [2.24, 2.45) is 17.8 Å². The molecule has 4 rings (SSSR count). The lowest BCUT2D eigenvalue weighted by Crippen LogP contribution is -2.42. The zero-order chi connectivity index (χ0) is 26.6. The lowest BCUT2D eigenvalue weighted by Gasteiger charge is -2.39. The topological polar surface area (TPSA) is 18.5 Å². The molecule has 1 aromatic carbocycles. The largest absolute Gasteiger partial charge is 0.358 e. The highest BCUT2D eigenvalue weighted by Crippen LogP contribution is 2.45. The predicted octanol–water partition coefficient (Wildman–Crippen LogP) is 9.38. The summed E-state index contributed by atoms with van der Waals surface area (Å²) in [5, 5.41) is 0. The van der Waals surface area contributed by atoms with Gasteiger partial charge in [-0.05, 0) is 107 Å². The lowest BCUT2D eigenvalue weighted by atomic mass is 9.79. The van der Waals surface area contributed by atoms with Crippen LogP contribution in [0.4, 0.5) is 26.3 Å². The first kappa shape index (κ1) is 28.7. The summed E-state index contributed by atoms with van der Waals surface area (Å²) in [6.45, 7) is 2.11. The minimum absolute atomic E-state index is 0.0143. The predicted molar refractivity (Wildman–Crippen MR) is 130 cm³/mol. The van der Waals surface area contributed by atoms with E-state index in [1.807, 2.05) is 0 Å². The van der Waals surface area contributed by atoms with E-state index in [1.165, 1.54) is 6.07 Å². The Bertz CT molecular complexity index is 854. The van der Waals surface area contributed by atoms with Crippen LogP contribution in [0.5, 0.6) is 0 Å². The molecule has 0 atom stereocenters. The summed E-state index contributed by atoms with van der Waals surface area (Å²) >= 11 is 0. The highest BCUT2D eigenvalue weighted by Gasteiger charge is 2.48. The Hall–Kier alpha value is -1.28. The van der Waals surface area contributed by atoms with Gasteiger partial charge in [-0.25, -0.2) is 8.78 Å². The highest BCUT2D eigenvalue weighted by molar-refractivity contribution is 5.22. The Kier molecular flexibility index (Phi) is 9.53. The minimum Gasteiger partial charge on any atom is -0.317 e. The van der Waals surface area contributed by atoms with E-state index in [0.29, 0.717) is 50.0 Å². The standard InChI is InChI=1S/C29H40F6O2/c1-2-3-19-4-9-22(10-5-19)28(32,33)37-25-15-11-23(12-16-25)29(34,35)36-24-13-6-20(7-14-24)21-8-17-26(30)27(31)18-21/h8,17-20,22-25H,2-7,9-16H2,1H3. The van der Waals surface area contributed by atoms with Crippen LogP contribution in [-0.4, -0.2) is 24.4 Å². The number of alkyl halides is 4. The number of halogens is 6. The quantitative estimate of drug-likeness (QED) is 0.294. The van der Waals surface area contributed by atoms with Gasteiger partial charge in [-0.2, -0.15) is 17.6 Å². The van der Waals surface area contributed by atoms with Crippen LogP contribution >= 0.6 is 0 Å². The third-order valence-corrected chi connectivity index (χ3v) is 8.91. The van der Waals surface area contributed by atoms with Gasteiger partial charge in [0.25, 0.3) is 0 Å². The molecule has 8 heteroatoms. The van der Waals surface area contributed by atoms with Crippen LogP contribution in [0, 0.1) is 29.4 Å². The number of hydrogen-bond acceptors (Lipinski definition) is 2. The maximum absolute atomic E-state index is 15.0. The summed E-state index contributed by atoms with van der Waals surface area (Å²) in [6, 6.07) is 3.81. The average molecular weight is 535 g/mol. The van der Waals surface area contributed by atoms with Gasteiger partial charge in [-0.3, -0.25) is 0 Å². The first-order chi connectivity index (χ1) is 17.6. The SMILES string of the molecule is CCCC1CCC(C(F)(F)OC2CCC(C(F)(F)OC3CCC(c4ccc(F)c(F)c4)CC3)CC2)CC1. The third kappa shape index (κ3) is 7.43. The highest BCUT2D eigenvalue weighted by atomic mass is 19.3. The molecule has 0 aliphatic heterocycles. The molecule has 3 saturated carbocycles. The van der Waals surface area contributed by atoms with Crippen molar-refractivity contribution in [3.8, 4) is 0 Å². The molecule has 3 aliphatic rings. The Labute approximate surface area is 216 Å². The van der Waals surface area contributed by atoms with Gasteiger partial charge in [0.2, 0.25) is 0 Å². The van der Waals surface area contributed by atoms with Crippen LogP contribution in [0.3, 0.4) is 0 Å². The summed E-state index contributed by atoms with van der Waals surface area (Å²) in [5.41, 5.74) is 0.674. The van der Waals surface area contributed by atoms with Crippen LogP contribution in [0.15, 0.2) is 18.2 Å². The van der Waals surface area contributed by atoms with Crippen molar-refractivity contribution in [3.63, 3.8) is 0 Å². The monoisotopic (exact) mass is 534 g/mol. The van der Waals surface area contributed by atoms with Gasteiger partial charge in [-0.15, -0.1) is 0 Å². The van der Waals surface area contributed by atoms with Gasteiger partial charge >= 0.3 is 12.2 Å². The van der Waals surface area contributed by atoms with Crippen molar-refractivity contribution < 1.29 is 35.8 Å². The normalized spacial score (nSPS) is 31.9. The maximum atomic E-state index is 15.0. The molecule has 37 heavy (non-hydrogen) atoms. The number of rotatable bonds is 9. The Morgan fingerprint density at radius 2 is 1.16 bits per heavy atom. The van der Waals surface area contributed by atoms with Gasteiger partial charge in [0, 0.05) is 0 Å². The van der Waals surface area contributed by atoms with E-state index in [2.05, 4.69) is 6.92 Å². The zero-order valence-corrected chi connectivity index (χ0v) is 21.7. The number of ether oxygens (including phenoxy) is 2. The average Bonchev–Trinajstić information content (AvgIpc) is 2.87. The molecular weight excluding hydrogens is 494 g/mol.